The maximum absolute atomic E-state index is 11.8. The van der Waals surface area contributed by atoms with Crippen molar-refractivity contribution in [3.05, 3.63) is 45.1 Å². The van der Waals surface area contributed by atoms with Crippen LogP contribution in [0.3, 0.4) is 0 Å². The van der Waals surface area contributed by atoms with E-state index in [1.807, 2.05) is 6.08 Å². The van der Waals surface area contributed by atoms with E-state index in [9.17, 15) is 10.2 Å². The van der Waals surface area contributed by atoms with Crippen molar-refractivity contribution in [1.82, 2.24) is 10.4 Å². The maximum atomic E-state index is 11.8. The van der Waals surface area contributed by atoms with Gasteiger partial charge in [0.2, 0.25) is 0 Å². The first-order valence-corrected chi connectivity index (χ1v) is 16.0. The fourth-order valence-corrected chi connectivity index (χ4v) is 8.04. The average Bonchev–Trinajstić information content (AvgIpc) is 3.25. The summed E-state index contributed by atoms with van der Waals surface area (Å²) in [6.45, 7) is 4.31. The summed E-state index contributed by atoms with van der Waals surface area (Å²) < 4.78 is 5.38. The van der Waals surface area contributed by atoms with E-state index in [0.717, 1.165) is 60.7 Å². The number of rotatable bonds is 10. The second-order valence-electron chi connectivity index (χ2n) is 12.0. The van der Waals surface area contributed by atoms with Gasteiger partial charge in [-0.1, -0.05) is 66.9 Å². The van der Waals surface area contributed by atoms with E-state index in [1.54, 1.807) is 7.11 Å². The highest BCUT2D eigenvalue weighted by Gasteiger charge is 2.48. The van der Waals surface area contributed by atoms with Gasteiger partial charge in [-0.15, -0.1) is 11.6 Å². The molecule has 220 valence electrons. The Morgan fingerprint density at radius 2 is 1.74 bits per heavy atom. The third-order valence-corrected chi connectivity index (χ3v) is 10.6. The van der Waals surface area contributed by atoms with Crippen LogP contribution in [-0.4, -0.2) is 52.2 Å². The van der Waals surface area contributed by atoms with Crippen LogP contribution in [0.2, 0.25) is 0 Å². The number of ether oxygens (including phenoxy) is 1. The Bertz CT molecular complexity index is 970. The highest BCUT2D eigenvalue weighted by molar-refractivity contribution is 6.33. The van der Waals surface area contributed by atoms with E-state index in [1.165, 1.54) is 0 Å². The molecule has 1 saturated heterocycles. The van der Waals surface area contributed by atoms with E-state index in [4.69, 9.17) is 51.1 Å². The third kappa shape index (κ3) is 7.78. The van der Waals surface area contributed by atoms with Crippen LogP contribution in [-0.2, 0) is 4.74 Å². The van der Waals surface area contributed by atoms with Crippen molar-refractivity contribution < 1.29 is 14.9 Å². The molecule has 3 N–H and O–H groups in total. The number of methoxy groups -OCH3 is 1. The van der Waals surface area contributed by atoms with Crippen LogP contribution >= 0.6 is 46.4 Å². The molecular formula is C30H44Cl4N2O3. The second-order valence-corrected chi connectivity index (χ2v) is 14.0. The quantitative estimate of drug-likeness (QED) is 0.175. The number of nitrogens with one attached hydrogen (secondary N) is 1. The van der Waals surface area contributed by atoms with Crippen molar-refractivity contribution in [2.24, 2.45) is 29.6 Å². The largest absolute Gasteiger partial charge is 0.391 e. The molecule has 4 rings (SSSR count). The van der Waals surface area contributed by atoms with Crippen LogP contribution in [0, 0.1) is 29.6 Å². The fourth-order valence-electron chi connectivity index (χ4n) is 7.04. The minimum atomic E-state index is -0.863. The zero-order valence-electron chi connectivity index (χ0n) is 23.2. The highest BCUT2D eigenvalue weighted by Crippen LogP contribution is 2.43. The van der Waals surface area contributed by atoms with Gasteiger partial charge in [0.1, 0.15) is 0 Å². The van der Waals surface area contributed by atoms with Crippen molar-refractivity contribution in [2.75, 3.05) is 7.11 Å². The minimum Gasteiger partial charge on any atom is -0.391 e. The molecule has 10 atom stereocenters. The average molecular weight is 623 g/mol. The number of hydrogen-bond donors (Lipinski definition) is 3. The summed E-state index contributed by atoms with van der Waals surface area (Å²) in [6.07, 6.45) is 14.6. The zero-order valence-corrected chi connectivity index (χ0v) is 26.2. The number of aliphatic hydroxyl groups is 2. The number of allylic oxidation sites excluding steroid dienone is 7. The number of hydrazine groups is 1. The predicted octanol–water partition coefficient (Wildman–Crippen LogP) is 7.40. The molecule has 0 aromatic rings. The molecule has 9 heteroatoms. The van der Waals surface area contributed by atoms with Crippen LogP contribution in [0.4, 0.5) is 0 Å². The summed E-state index contributed by atoms with van der Waals surface area (Å²) in [5.74, 6) is 0.883. The Labute approximate surface area is 254 Å². The van der Waals surface area contributed by atoms with Crippen molar-refractivity contribution >= 4 is 46.4 Å². The molecule has 0 amide bonds. The van der Waals surface area contributed by atoms with Gasteiger partial charge in [0.25, 0.3) is 0 Å². The zero-order chi connectivity index (χ0) is 28.3. The Kier molecular flexibility index (Phi) is 11.6. The van der Waals surface area contributed by atoms with Gasteiger partial charge in [0.05, 0.1) is 34.3 Å². The SMILES string of the molecule is COC(O)C(CC1CC=C(Cl)CC1)CC(C)C(O)C1NN(C2=CCC(Cl)C=C2Cl)C(C2CC=C(Cl)CC2)C1C. The summed E-state index contributed by atoms with van der Waals surface area (Å²) in [6, 6.07) is -0.0143. The smallest absolute Gasteiger partial charge is 0.156 e. The van der Waals surface area contributed by atoms with E-state index in [0.29, 0.717) is 29.7 Å². The molecule has 0 aromatic heterocycles. The van der Waals surface area contributed by atoms with Gasteiger partial charge in [-0.2, -0.15) is 0 Å². The molecule has 1 fully saturated rings. The molecule has 0 radical (unpaired) electrons. The molecule has 10 unspecified atom stereocenters. The van der Waals surface area contributed by atoms with Crippen molar-refractivity contribution in [3.8, 4) is 0 Å². The standard InChI is InChI=1S/C30H44Cl4N2O3/c1-17(14-21(30(38)39-3)15-19-4-8-22(31)9-5-19)29(37)27-18(2)28(20-6-10-23(32)11-7-20)36(35-27)26-13-12-24(33)16-25(26)34/h8,10,13,16-21,24,27-30,35,37-38H,4-7,9,11-12,14-15H2,1-3H3. The molecular weight excluding hydrogens is 578 g/mol. The van der Waals surface area contributed by atoms with Gasteiger partial charge in [0.15, 0.2) is 6.29 Å². The van der Waals surface area contributed by atoms with Gasteiger partial charge in [-0.3, -0.25) is 0 Å². The molecule has 3 aliphatic carbocycles. The molecule has 4 aliphatic rings. The first-order valence-electron chi connectivity index (χ1n) is 14.4. The Hall–Kier alpha value is -0.240. The summed E-state index contributed by atoms with van der Waals surface area (Å²) >= 11 is 25.6. The lowest BCUT2D eigenvalue weighted by molar-refractivity contribution is -0.126. The van der Waals surface area contributed by atoms with Gasteiger partial charge in [0, 0.05) is 23.1 Å². The minimum absolute atomic E-state index is 0.0534. The van der Waals surface area contributed by atoms with Crippen molar-refractivity contribution in [2.45, 2.75) is 101 Å². The van der Waals surface area contributed by atoms with E-state index >= 15 is 0 Å². The first-order chi connectivity index (χ1) is 18.6. The van der Waals surface area contributed by atoms with Crippen LogP contribution in [0.5, 0.6) is 0 Å². The van der Waals surface area contributed by atoms with Gasteiger partial charge >= 0.3 is 0 Å². The van der Waals surface area contributed by atoms with Crippen LogP contribution in [0.15, 0.2) is 45.1 Å². The van der Waals surface area contributed by atoms with Crippen molar-refractivity contribution in [1.29, 1.82) is 0 Å². The highest BCUT2D eigenvalue weighted by atomic mass is 35.5. The molecule has 0 spiro atoms. The van der Waals surface area contributed by atoms with E-state index < -0.39 is 12.4 Å². The topological polar surface area (TPSA) is 65.0 Å². The maximum Gasteiger partial charge on any atom is 0.156 e. The number of hydrogen-bond acceptors (Lipinski definition) is 5. The van der Waals surface area contributed by atoms with Crippen molar-refractivity contribution in [3.63, 3.8) is 0 Å². The molecule has 0 saturated carbocycles. The Morgan fingerprint density at radius 1 is 1.05 bits per heavy atom. The predicted molar refractivity (Wildman–Crippen MR) is 161 cm³/mol. The summed E-state index contributed by atoms with van der Waals surface area (Å²) in [4.78, 5) is 0. The fraction of sp³-hybridized carbons (Fsp3) is 0.733. The monoisotopic (exact) mass is 620 g/mol. The Morgan fingerprint density at radius 3 is 2.33 bits per heavy atom. The first kappa shape index (κ1) is 31.7. The number of aliphatic hydroxyl groups excluding tert-OH is 2. The molecule has 39 heavy (non-hydrogen) atoms. The van der Waals surface area contributed by atoms with Crippen LogP contribution in [0.1, 0.15) is 71.6 Å². The lowest BCUT2D eigenvalue weighted by Crippen LogP contribution is -2.47. The van der Waals surface area contributed by atoms with Gasteiger partial charge in [-0.25, -0.2) is 5.43 Å². The Balaban J connectivity index is 1.50. The summed E-state index contributed by atoms with van der Waals surface area (Å²) in [7, 11) is 1.55. The lowest BCUT2D eigenvalue weighted by Gasteiger charge is -2.37. The molecule has 1 aliphatic heterocycles. The third-order valence-electron chi connectivity index (χ3n) is 9.31. The number of nitrogens with zero attached hydrogens (tertiary/aromatic N) is 1. The number of halogens is 4. The summed E-state index contributed by atoms with van der Waals surface area (Å²) in [5.41, 5.74) is 4.61. The van der Waals surface area contributed by atoms with Crippen LogP contribution in [0.25, 0.3) is 0 Å². The summed E-state index contributed by atoms with van der Waals surface area (Å²) in [5, 5.41) is 27.1. The van der Waals surface area contributed by atoms with E-state index in [-0.39, 0.29) is 35.2 Å². The van der Waals surface area contributed by atoms with Gasteiger partial charge < -0.3 is 20.0 Å². The molecule has 0 bridgehead atoms. The molecule has 0 aromatic carbocycles. The lowest BCUT2D eigenvalue weighted by atomic mass is 9.76. The molecule has 5 nitrogen and oxygen atoms in total. The van der Waals surface area contributed by atoms with Gasteiger partial charge in [-0.05, 0) is 87.5 Å². The normalized spacial score (nSPS) is 34.9. The van der Waals surface area contributed by atoms with E-state index in [2.05, 4.69) is 42.5 Å². The van der Waals surface area contributed by atoms with Crippen LogP contribution < -0.4 is 5.43 Å². The number of alkyl halides is 1. The second kappa shape index (κ2) is 14.3. The molecule has 1 heterocycles.